The molecule has 5 nitrogen and oxygen atoms in total. The standard InChI is InChI=1S/C15H26N4O/c1-4-12-11-19(15(20)5-2)8-6-13(12)17-10-14-16-7-9-18(14)3/h7,9,12-13,17H,4-6,8,10-11H2,1-3H3/t12-,13-/m0/s1. The van der Waals surface area contributed by atoms with Crippen LogP contribution < -0.4 is 5.32 Å². The van der Waals surface area contributed by atoms with Gasteiger partial charge in [0.25, 0.3) is 0 Å². The van der Waals surface area contributed by atoms with Crippen molar-refractivity contribution in [3.63, 3.8) is 0 Å². The molecule has 0 bridgehead atoms. The SMILES string of the molecule is CCC(=O)N1CC[C@H](NCc2nccn2C)[C@@H](CC)C1. The van der Waals surface area contributed by atoms with Gasteiger partial charge in [0, 0.05) is 45.0 Å². The smallest absolute Gasteiger partial charge is 0.222 e. The summed E-state index contributed by atoms with van der Waals surface area (Å²) in [6, 6.07) is 0.484. The van der Waals surface area contributed by atoms with Crippen LogP contribution in [-0.4, -0.2) is 39.5 Å². The van der Waals surface area contributed by atoms with Gasteiger partial charge in [-0.1, -0.05) is 20.3 Å². The summed E-state index contributed by atoms with van der Waals surface area (Å²) in [6.07, 6.45) is 6.55. The van der Waals surface area contributed by atoms with Crippen molar-refractivity contribution in [1.29, 1.82) is 0 Å². The number of hydrogen-bond donors (Lipinski definition) is 1. The predicted molar refractivity (Wildman–Crippen MR) is 79.1 cm³/mol. The first-order valence-corrected chi connectivity index (χ1v) is 7.63. The molecule has 1 saturated heterocycles. The molecule has 1 aliphatic rings. The number of carbonyl (C=O) groups excluding carboxylic acids is 1. The average molecular weight is 278 g/mol. The van der Waals surface area contributed by atoms with E-state index in [0.717, 1.165) is 38.3 Å². The van der Waals surface area contributed by atoms with Gasteiger partial charge in [-0.3, -0.25) is 4.79 Å². The number of hydrogen-bond acceptors (Lipinski definition) is 3. The van der Waals surface area contributed by atoms with E-state index in [-0.39, 0.29) is 5.91 Å². The second kappa shape index (κ2) is 6.88. The minimum Gasteiger partial charge on any atom is -0.342 e. The number of imidazole rings is 1. The molecule has 5 heteroatoms. The fraction of sp³-hybridized carbons (Fsp3) is 0.733. The highest BCUT2D eigenvalue weighted by atomic mass is 16.2. The largest absolute Gasteiger partial charge is 0.342 e. The highest BCUT2D eigenvalue weighted by Crippen LogP contribution is 2.21. The lowest BCUT2D eigenvalue weighted by Gasteiger charge is -2.38. The van der Waals surface area contributed by atoms with Crippen molar-refractivity contribution in [2.75, 3.05) is 13.1 Å². The van der Waals surface area contributed by atoms with Gasteiger partial charge in [0.2, 0.25) is 5.91 Å². The third-order valence-electron chi connectivity index (χ3n) is 4.36. The highest BCUT2D eigenvalue weighted by Gasteiger charge is 2.29. The van der Waals surface area contributed by atoms with Gasteiger partial charge in [0.05, 0.1) is 6.54 Å². The summed E-state index contributed by atoms with van der Waals surface area (Å²) in [4.78, 5) is 18.2. The molecule has 1 amide bonds. The Morgan fingerprint density at radius 1 is 1.50 bits per heavy atom. The van der Waals surface area contributed by atoms with Crippen LogP contribution in [-0.2, 0) is 18.4 Å². The van der Waals surface area contributed by atoms with E-state index in [4.69, 9.17) is 0 Å². The molecule has 0 spiro atoms. The molecule has 1 aromatic rings. The lowest BCUT2D eigenvalue weighted by atomic mass is 9.89. The maximum atomic E-state index is 11.8. The summed E-state index contributed by atoms with van der Waals surface area (Å²) in [5.41, 5.74) is 0. The van der Waals surface area contributed by atoms with Crippen molar-refractivity contribution >= 4 is 5.91 Å². The van der Waals surface area contributed by atoms with Gasteiger partial charge in [0.15, 0.2) is 0 Å². The second-order valence-corrected chi connectivity index (χ2v) is 5.59. The zero-order valence-electron chi connectivity index (χ0n) is 12.8. The van der Waals surface area contributed by atoms with Crippen LogP contribution in [0.15, 0.2) is 12.4 Å². The van der Waals surface area contributed by atoms with Gasteiger partial charge in [-0.15, -0.1) is 0 Å². The van der Waals surface area contributed by atoms with E-state index in [0.29, 0.717) is 18.4 Å². The summed E-state index contributed by atoms with van der Waals surface area (Å²) < 4.78 is 2.05. The number of nitrogens with zero attached hydrogens (tertiary/aromatic N) is 3. The van der Waals surface area contributed by atoms with E-state index in [1.807, 2.05) is 35.8 Å². The van der Waals surface area contributed by atoms with Crippen LogP contribution in [0.4, 0.5) is 0 Å². The van der Waals surface area contributed by atoms with Crippen LogP contribution >= 0.6 is 0 Å². The topological polar surface area (TPSA) is 50.2 Å². The minimum atomic E-state index is 0.283. The molecule has 112 valence electrons. The lowest BCUT2D eigenvalue weighted by molar-refractivity contribution is -0.133. The summed E-state index contributed by atoms with van der Waals surface area (Å²) in [5, 5.41) is 3.62. The molecule has 2 atom stereocenters. The van der Waals surface area contributed by atoms with Gasteiger partial charge >= 0.3 is 0 Å². The fourth-order valence-corrected chi connectivity index (χ4v) is 2.95. The Morgan fingerprint density at radius 2 is 2.30 bits per heavy atom. The van der Waals surface area contributed by atoms with Crippen molar-refractivity contribution in [3.8, 4) is 0 Å². The summed E-state index contributed by atoms with van der Waals surface area (Å²) in [6.45, 7) is 6.71. The Balaban J connectivity index is 1.89. The van der Waals surface area contributed by atoms with Crippen molar-refractivity contribution in [1.82, 2.24) is 19.8 Å². The van der Waals surface area contributed by atoms with Gasteiger partial charge < -0.3 is 14.8 Å². The lowest BCUT2D eigenvalue weighted by Crippen LogP contribution is -2.50. The zero-order chi connectivity index (χ0) is 14.5. The first-order valence-electron chi connectivity index (χ1n) is 7.63. The van der Waals surface area contributed by atoms with Gasteiger partial charge in [0.1, 0.15) is 5.82 Å². The Hall–Kier alpha value is -1.36. The Kier molecular flexibility index (Phi) is 5.17. The quantitative estimate of drug-likeness (QED) is 0.889. The average Bonchev–Trinajstić information content (AvgIpc) is 2.89. The second-order valence-electron chi connectivity index (χ2n) is 5.59. The first-order chi connectivity index (χ1) is 9.65. The van der Waals surface area contributed by atoms with Crippen molar-refractivity contribution in [3.05, 3.63) is 18.2 Å². The van der Waals surface area contributed by atoms with Crippen LogP contribution in [0.25, 0.3) is 0 Å². The zero-order valence-corrected chi connectivity index (χ0v) is 12.8. The number of aryl methyl sites for hydroxylation is 1. The van der Waals surface area contributed by atoms with E-state index in [1.165, 1.54) is 0 Å². The maximum Gasteiger partial charge on any atom is 0.222 e. The molecule has 1 fully saturated rings. The summed E-state index contributed by atoms with van der Waals surface area (Å²) in [7, 11) is 2.02. The summed E-state index contributed by atoms with van der Waals surface area (Å²) >= 11 is 0. The van der Waals surface area contributed by atoms with Gasteiger partial charge in [-0.25, -0.2) is 4.98 Å². The number of aromatic nitrogens is 2. The molecular formula is C15H26N4O. The normalized spacial score (nSPS) is 23.1. The molecule has 1 aliphatic heterocycles. The third-order valence-corrected chi connectivity index (χ3v) is 4.36. The number of rotatable bonds is 5. The Bertz CT molecular complexity index is 443. The van der Waals surface area contributed by atoms with Crippen molar-refractivity contribution in [2.24, 2.45) is 13.0 Å². The molecule has 0 aliphatic carbocycles. The molecule has 1 N–H and O–H groups in total. The fourth-order valence-electron chi connectivity index (χ4n) is 2.95. The number of nitrogens with one attached hydrogen (secondary N) is 1. The maximum absolute atomic E-state index is 11.8. The number of likely N-dealkylation sites (tertiary alicyclic amines) is 1. The van der Waals surface area contributed by atoms with Crippen LogP contribution in [0.2, 0.25) is 0 Å². The van der Waals surface area contributed by atoms with Crippen LogP contribution in [0.5, 0.6) is 0 Å². The van der Waals surface area contributed by atoms with Crippen molar-refractivity contribution in [2.45, 2.75) is 45.7 Å². The monoisotopic (exact) mass is 278 g/mol. The number of piperidine rings is 1. The summed E-state index contributed by atoms with van der Waals surface area (Å²) in [5.74, 6) is 1.89. The molecular weight excluding hydrogens is 252 g/mol. The molecule has 2 heterocycles. The van der Waals surface area contributed by atoms with E-state index in [1.54, 1.807) is 0 Å². The number of amides is 1. The molecule has 0 unspecified atom stereocenters. The van der Waals surface area contributed by atoms with E-state index >= 15 is 0 Å². The van der Waals surface area contributed by atoms with Crippen molar-refractivity contribution < 1.29 is 4.79 Å². The van der Waals surface area contributed by atoms with Gasteiger partial charge in [-0.2, -0.15) is 0 Å². The molecule has 0 saturated carbocycles. The van der Waals surface area contributed by atoms with E-state index < -0.39 is 0 Å². The van der Waals surface area contributed by atoms with E-state index in [9.17, 15) is 4.79 Å². The van der Waals surface area contributed by atoms with Crippen LogP contribution in [0.1, 0.15) is 38.9 Å². The van der Waals surface area contributed by atoms with E-state index in [2.05, 4.69) is 17.2 Å². The molecule has 0 aromatic carbocycles. The highest BCUT2D eigenvalue weighted by molar-refractivity contribution is 5.75. The van der Waals surface area contributed by atoms with Crippen LogP contribution in [0, 0.1) is 5.92 Å². The number of carbonyl (C=O) groups is 1. The minimum absolute atomic E-state index is 0.283. The Morgan fingerprint density at radius 3 is 2.90 bits per heavy atom. The molecule has 2 rings (SSSR count). The predicted octanol–water partition coefficient (Wildman–Crippen LogP) is 1.55. The molecule has 20 heavy (non-hydrogen) atoms. The van der Waals surface area contributed by atoms with Crippen LogP contribution in [0.3, 0.4) is 0 Å². The molecule has 0 radical (unpaired) electrons. The molecule has 1 aromatic heterocycles. The third kappa shape index (κ3) is 3.39. The van der Waals surface area contributed by atoms with Gasteiger partial charge in [-0.05, 0) is 12.3 Å². The first kappa shape index (κ1) is 15.0. The Labute approximate surface area is 121 Å².